The molecule has 4 nitrogen and oxygen atoms in total. The summed E-state index contributed by atoms with van der Waals surface area (Å²) >= 11 is 0. The molecule has 3 aromatic rings. The van der Waals surface area contributed by atoms with Gasteiger partial charge in [0.2, 0.25) is 5.89 Å². The highest BCUT2D eigenvalue weighted by atomic mass is 16.5. The first-order valence-electron chi connectivity index (χ1n) is 7.93. The summed E-state index contributed by atoms with van der Waals surface area (Å²) in [4.78, 5) is 16.4. The van der Waals surface area contributed by atoms with Crippen molar-refractivity contribution in [1.82, 2.24) is 4.98 Å². The molecule has 24 heavy (non-hydrogen) atoms. The van der Waals surface area contributed by atoms with Crippen molar-refractivity contribution in [2.75, 3.05) is 6.61 Å². The van der Waals surface area contributed by atoms with Crippen molar-refractivity contribution in [3.05, 3.63) is 77.7 Å². The van der Waals surface area contributed by atoms with E-state index in [0.29, 0.717) is 30.4 Å². The van der Waals surface area contributed by atoms with Gasteiger partial charge in [0.15, 0.2) is 0 Å². The minimum Gasteiger partial charge on any atom is -0.465 e. The number of oxazole rings is 1. The molecule has 0 radical (unpaired) electrons. The molecule has 3 rings (SSSR count). The van der Waals surface area contributed by atoms with Gasteiger partial charge in [0.05, 0.1) is 18.7 Å². The molecular weight excluding hydrogens is 302 g/mol. The summed E-state index contributed by atoms with van der Waals surface area (Å²) in [5.74, 6) is 0.885. The normalized spacial score (nSPS) is 10.5. The van der Waals surface area contributed by atoms with Gasteiger partial charge in [0.1, 0.15) is 5.76 Å². The average molecular weight is 321 g/mol. The number of ether oxygens (including phenoxy) is 1. The number of benzene rings is 2. The monoisotopic (exact) mass is 321 g/mol. The van der Waals surface area contributed by atoms with E-state index in [1.54, 1.807) is 0 Å². The van der Waals surface area contributed by atoms with E-state index in [-0.39, 0.29) is 12.4 Å². The summed E-state index contributed by atoms with van der Waals surface area (Å²) in [6.07, 6.45) is 0.830. The Kier molecular flexibility index (Phi) is 5.06. The molecule has 0 amide bonds. The number of carbonyl (C=O) groups is 1. The topological polar surface area (TPSA) is 52.3 Å². The Labute approximate surface area is 141 Å². The maximum atomic E-state index is 12.0. The van der Waals surface area contributed by atoms with Gasteiger partial charge in [0, 0.05) is 12.0 Å². The second-order valence-corrected chi connectivity index (χ2v) is 5.52. The number of carbonyl (C=O) groups excluding carboxylic acids is 1. The lowest BCUT2D eigenvalue weighted by atomic mass is 10.2. The highest BCUT2D eigenvalue weighted by Crippen LogP contribution is 2.21. The average Bonchev–Trinajstić information content (AvgIpc) is 2.97. The third kappa shape index (κ3) is 4.10. The van der Waals surface area contributed by atoms with Crippen LogP contribution in [-0.4, -0.2) is 17.6 Å². The van der Waals surface area contributed by atoms with E-state index in [4.69, 9.17) is 9.15 Å². The van der Waals surface area contributed by atoms with Crippen molar-refractivity contribution < 1.29 is 13.9 Å². The predicted octanol–water partition coefficient (Wildman–Crippen LogP) is 3.98. The van der Waals surface area contributed by atoms with Crippen molar-refractivity contribution in [2.24, 2.45) is 0 Å². The first kappa shape index (κ1) is 16.0. The molecule has 1 aromatic heterocycles. The molecule has 0 aliphatic heterocycles. The molecule has 0 atom stereocenters. The van der Waals surface area contributed by atoms with Crippen LogP contribution >= 0.6 is 0 Å². The van der Waals surface area contributed by atoms with Crippen molar-refractivity contribution >= 4 is 5.97 Å². The summed E-state index contributed by atoms with van der Waals surface area (Å²) in [6.45, 7) is 2.18. The first-order chi connectivity index (χ1) is 11.7. The van der Waals surface area contributed by atoms with E-state index >= 15 is 0 Å². The van der Waals surface area contributed by atoms with Crippen LogP contribution in [-0.2, 0) is 22.4 Å². The number of esters is 1. The zero-order chi connectivity index (χ0) is 16.8. The number of aryl methyl sites for hydroxylation is 1. The molecular formula is C20H19NO3. The fourth-order valence-electron chi connectivity index (χ4n) is 2.41. The minimum atomic E-state index is -0.290. The molecule has 0 fully saturated rings. The quantitative estimate of drug-likeness (QED) is 0.644. The maximum absolute atomic E-state index is 12.0. The lowest BCUT2D eigenvalue weighted by Crippen LogP contribution is -2.11. The van der Waals surface area contributed by atoms with Gasteiger partial charge in [-0.1, -0.05) is 48.5 Å². The standard InChI is InChI=1S/C20H19NO3/c1-15-18(21-20(24-15)17-10-6-3-7-11-17)14-19(22)23-13-12-16-8-4-2-5-9-16/h2-11H,12-14H2,1H3. The molecule has 0 aliphatic carbocycles. The fraction of sp³-hybridized carbons (Fsp3) is 0.200. The van der Waals surface area contributed by atoms with Crippen LogP contribution in [0.1, 0.15) is 17.0 Å². The maximum Gasteiger partial charge on any atom is 0.312 e. The second kappa shape index (κ2) is 7.59. The van der Waals surface area contributed by atoms with Gasteiger partial charge in [-0.2, -0.15) is 0 Å². The molecule has 4 heteroatoms. The van der Waals surface area contributed by atoms with Crippen molar-refractivity contribution in [1.29, 1.82) is 0 Å². The Morgan fingerprint density at radius 3 is 2.42 bits per heavy atom. The SMILES string of the molecule is Cc1oc(-c2ccccc2)nc1CC(=O)OCCc1ccccc1. The molecule has 0 aliphatic rings. The zero-order valence-corrected chi connectivity index (χ0v) is 13.6. The number of hydrogen-bond donors (Lipinski definition) is 0. The van der Waals surface area contributed by atoms with Gasteiger partial charge in [0.25, 0.3) is 0 Å². The first-order valence-corrected chi connectivity index (χ1v) is 7.93. The largest absolute Gasteiger partial charge is 0.465 e. The second-order valence-electron chi connectivity index (χ2n) is 5.52. The van der Waals surface area contributed by atoms with Crippen molar-refractivity contribution in [3.8, 4) is 11.5 Å². The van der Waals surface area contributed by atoms with Crippen LogP contribution in [0.15, 0.2) is 65.1 Å². The number of rotatable bonds is 6. The van der Waals surface area contributed by atoms with Gasteiger partial charge < -0.3 is 9.15 Å². The molecule has 2 aromatic carbocycles. The van der Waals surface area contributed by atoms with Crippen molar-refractivity contribution in [3.63, 3.8) is 0 Å². The van der Waals surface area contributed by atoms with E-state index in [1.807, 2.05) is 67.6 Å². The summed E-state index contributed by atoms with van der Waals surface area (Å²) in [5.41, 5.74) is 2.66. The van der Waals surface area contributed by atoms with Gasteiger partial charge >= 0.3 is 5.97 Å². The van der Waals surface area contributed by atoms with Crippen LogP contribution in [0.25, 0.3) is 11.5 Å². The fourth-order valence-corrected chi connectivity index (χ4v) is 2.41. The van der Waals surface area contributed by atoms with E-state index in [0.717, 1.165) is 11.1 Å². The summed E-state index contributed by atoms with van der Waals surface area (Å²) in [6, 6.07) is 19.6. The Morgan fingerprint density at radius 1 is 1.04 bits per heavy atom. The molecule has 0 bridgehead atoms. The van der Waals surface area contributed by atoms with Crippen LogP contribution in [0.2, 0.25) is 0 Å². The highest BCUT2D eigenvalue weighted by Gasteiger charge is 2.15. The van der Waals surface area contributed by atoms with Gasteiger partial charge in [-0.25, -0.2) is 4.98 Å². The van der Waals surface area contributed by atoms with E-state index in [9.17, 15) is 4.79 Å². The van der Waals surface area contributed by atoms with Gasteiger partial charge in [-0.05, 0) is 24.6 Å². The summed E-state index contributed by atoms with van der Waals surface area (Å²) in [5, 5.41) is 0. The van der Waals surface area contributed by atoms with Crippen molar-refractivity contribution in [2.45, 2.75) is 19.8 Å². The molecule has 0 spiro atoms. The number of hydrogen-bond acceptors (Lipinski definition) is 4. The van der Waals surface area contributed by atoms with Crippen LogP contribution in [0.4, 0.5) is 0 Å². The Bertz CT molecular complexity index is 794. The van der Waals surface area contributed by atoms with Crippen LogP contribution < -0.4 is 0 Å². The minimum absolute atomic E-state index is 0.122. The third-order valence-electron chi connectivity index (χ3n) is 3.72. The van der Waals surface area contributed by atoms with E-state index in [2.05, 4.69) is 4.98 Å². The summed E-state index contributed by atoms with van der Waals surface area (Å²) < 4.78 is 11.0. The van der Waals surface area contributed by atoms with Gasteiger partial charge in [-0.15, -0.1) is 0 Å². The molecule has 0 N–H and O–H groups in total. The van der Waals surface area contributed by atoms with E-state index in [1.165, 1.54) is 0 Å². The van der Waals surface area contributed by atoms with Crippen LogP contribution in [0.5, 0.6) is 0 Å². The number of aromatic nitrogens is 1. The summed E-state index contributed by atoms with van der Waals surface area (Å²) in [7, 11) is 0. The number of nitrogens with zero attached hydrogens (tertiary/aromatic N) is 1. The zero-order valence-electron chi connectivity index (χ0n) is 13.6. The van der Waals surface area contributed by atoms with Gasteiger partial charge in [-0.3, -0.25) is 4.79 Å². The molecule has 122 valence electrons. The third-order valence-corrected chi connectivity index (χ3v) is 3.72. The molecule has 1 heterocycles. The molecule has 0 saturated carbocycles. The Hall–Kier alpha value is -2.88. The smallest absolute Gasteiger partial charge is 0.312 e. The highest BCUT2D eigenvalue weighted by molar-refractivity contribution is 5.72. The molecule has 0 unspecified atom stereocenters. The van der Waals surface area contributed by atoms with Crippen LogP contribution in [0.3, 0.4) is 0 Å². The lowest BCUT2D eigenvalue weighted by Gasteiger charge is -2.04. The van der Waals surface area contributed by atoms with E-state index < -0.39 is 0 Å². The van der Waals surface area contributed by atoms with Crippen LogP contribution in [0, 0.1) is 6.92 Å². The predicted molar refractivity (Wildman–Crippen MR) is 91.5 cm³/mol. The molecule has 0 saturated heterocycles. The Balaban J connectivity index is 1.56. The lowest BCUT2D eigenvalue weighted by molar-refractivity contribution is -0.142. The Morgan fingerprint density at radius 2 is 1.71 bits per heavy atom.